The summed E-state index contributed by atoms with van der Waals surface area (Å²) in [7, 11) is 0. The molecule has 0 aliphatic rings. The molecular formula is C18H21NO3. The second kappa shape index (κ2) is 8.32. The lowest BCUT2D eigenvalue weighted by Crippen LogP contribution is -2.23. The topological polar surface area (TPSA) is 47.6 Å². The van der Waals surface area contributed by atoms with Gasteiger partial charge in [-0.25, -0.2) is 5.48 Å². The van der Waals surface area contributed by atoms with Crippen molar-refractivity contribution < 1.29 is 14.4 Å². The number of nitrogens with one attached hydrogen (secondary N) is 1. The van der Waals surface area contributed by atoms with Gasteiger partial charge in [-0.3, -0.25) is 9.63 Å². The normalized spacial score (nSPS) is 10.7. The van der Waals surface area contributed by atoms with Crippen LogP contribution in [0.3, 0.4) is 0 Å². The number of rotatable bonds is 7. The van der Waals surface area contributed by atoms with E-state index in [4.69, 9.17) is 9.57 Å². The van der Waals surface area contributed by atoms with Crippen molar-refractivity contribution in [2.75, 3.05) is 0 Å². The first kappa shape index (κ1) is 16.2. The molecule has 1 N–H and O–H groups in total. The molecule has 0 saturated carbocycles. The maximum Gasteiger partial charge on any atom is 0.274 e. The second-order valence-electron chi connectivity index (χ2n) is 5.26. The third-order valence-corrected chi connectivity index (χ3v) is 3.05. The molecule has 1 amide bonds. The minimum absolute atomic E-state index is 0.189. The Morgan fingerprint density at radius 2 is 1.59 bits per heavy atom. The molecule has 0 saturated heterocycles. The monoisotopic (exact) mass is 299 g/mol. The van der Waals surface area contributed by atoms with Crippen LogP contribution in [-0.2, 0) is 22.8 Å². The average Bonchev–Trinajstić information content (AvgIpc) is 2.54. The zero-order valence-electron chi connectivity index (χ0n) is 12.9. The number of hydrogen-bond acceptors (Lipinski definition) is 3. The van der Waals surface area contributed by atoms with Crippen LogP contribution in [0.4, 0.5) is 0 Å². The highest BCUT2D eigenvalue weighted by molar-refractivity contribution is 5.93. The predicted octanol–water partition coefficient (Wildman–Crippen LogP) is 3.47. The molecule has 0 aromatic heterocycles. The molecule has 0 unspecified atom stereocenters. The summed E-state index contributed by atoms with van der Waals surface area (Å²) in [6.07, 6.45) is 0.189. The Bertz CT molecular complexity index is 579. The van der Waals surface area contributed by atoms with Crippen molar-refractivity contribution >= 4 is 5.91 Å². The van der Waals surface area contributed by atoms with E-state index in [0.29, 0.717) is 18.8 Å². The lowest BCUT2D eigenvalue weighted by molar-refractivity contribution is 0.0233. The van der Waals surface area contributed by atoms with Crippen LogP contribution in [0.15, 0.2) is 54.6 Å². The number of hydroxylamine groups is 1. The van der Waals surface area contributed by atoms with Gasteiger partial charge in [0.25, 0.3) is 5.91 Å². The van der Waals surface area contributed by atoms with Gasteiger partial charge in [-0.2, -0.15) is 0 Å². The van der Waals surface area contributed by atoms with Gasteiger partial charge in [0.1, 0.15) is 0 Å². The molecule has 0 bridgehead atoms. The summed E-state index contributed by atoms with van der Waals surface area (Å²) < 4.78 is 5.52. The molecule has 2 aromatic rings. The van der Waals surface area contributed by atoms with E-state index in [2.05, 4.69) is 5.48 Å². The quantitative estimate of drug-likeness (QED) is 0.796. The Hall–Kier alpha value is -2.17. The van der Waals surface area contributed by atoms with Gasteiger partial charge >= 0.3 is 0 Å². The summed E-state index contributed by atoms with van der Waals surface area (Å²) in [5.41, 5.74) is 5.04. The Morgan fingerprint density at radius 1 is 0.955 bits per heavy atom. The van der Waals surface area contributed by atoms with E-state index >= 15 is 0 Å². The van der Waals surface area contributed by atoms with E-state index in [9.17, 15) is 4.79 Å². The second-order valence-corrected chi connectivity index (χ2v) is 5.26. The van der Waals surface area contributed by atoms with Gasteiger partial charge in [-0.1, -0.05) is 42.5 Å². The number of ether oxygens (including phenoxy) is 1. The van der Waals surface area contributed by atoms with Crippen LogP contribution in [0, 0.1) is 0 Å². The van der Waals surface area contributed by atoms with Gasteiger partial charge in [0.2, 0.25) is 0 Å². The smallest absolute Gasteiger partial charge is 0.274 e. The maximum absolute atomic E-state index is 11.9. The van der Waals surface area contributed by atoms with Crippen molar-refractivity contribution in [3.63, 3.8) is 0 Å². The fourth-order valence-electron chi connectivity index (χ4n) is 1.83. The predicted molar refractivity (Wildman–Crippen MR) is 85.1 cm³/mol. The van der Waals surface area contributed by atoms with Crippen molar-refractivity contribution in [1.29, 1.82) is 0 Å². The van der Waals surface area contributed by atoms with Gasteiger partial charge in [0.05, 0.1) is 19.3 Å². The first-order chi connectivity index (χ1) is 10.6. The van der Waals surface area contributed by atoms with Gasteiger partial charge in [0, 0.05) is 5.56 Å². The molecule has 0 spiro atoms. The van der Waals surface area contributed by atoms with E-state index in [1.165, 1.54) is 0 Å². The molecule has 0 aliphatic heterocycles. The van der Waals surface area contributed by atoms with Crippen LogP contribution in [0.1, 0.15) is 35.3 Å². The van der Waals surface area contributed by atoms with Crippen LogP contribution in [0.5, 0.6) is 0 Å². The fraction of sp³-hybridized carbons (Fsp3) is 0.278. The average molecular weight is 299 g/mol. The Kier molecular flexibility index (Phi) is 6.13. The largest absolute Gasteiger partial charge is 0.374 e. The summed E-state index contributed by atoms with van der Waals surface area (Å²) in [6.45, 7) is 4.87. The van der Waals surface area contributed by atoms with Crippen LogP contribution in [0.2, 0.25) is 0 Å². The number of carbonyl (C=O) groups excluding carboxylic acids is 1. The van der Waals surface area contributed by atoms with E-state index in [1.54, 1.807) is 12.1 Å². The molecule has 2 aromatic carbocycles. The summed E-state index contributed by atoms with van der Waals surface area (Å²) in [6, 6.07) is 17.0. The van der Waals surface area contributed by atoms with E-state index in [1.807, 2.05) is 56.3 Å². The molecule has 116 valence electrons. The summed E-state index contributed by atoms with van der Waals surface area (Å²) in [4.78, 5) is 17.2. The molecule has 0 atom stereocenters. The molecule has 0 fully saturated rings. The number of benzene rings is 2. The Morgan fingerprint density at radius 3 is 2.23 bits per heavy atom. The van der Waals surface area contributed by atoms with Crippen molar-refractivity contribution in [2.45, 2.75) is 33.2 Å². The lowest BCUT2D eigenvalue weighted by atomic mass is 10.1. The lowest BCUT2D eigenvalue weighted by Gasteiger charge is -2.09. The van der Waals surface area contributed by atoms with E-state index in [-0.39, 0.29) is 12.0 Å². The highest BCUT2D eigenvalue weighted by Gasteiger charge is 2.05. The standard InChI is InChI=1S/C18H21NO3/c1-14(2)21-12-16-8-10-17(11-9-16)18(20)19-22-13-15-6-4-3-5-7-15/h3-11,14H,12-13H2,1-2H3,(H,19,20). The zero-order valence-corrected chi connectivity index (χ0v) is 12.9. The van der Waals surface area contributed by atoms with Crippen LogP contribution in [-0.4, -0.2) is 12.0 Å². The van der Waals surface area contributed by atoms with Gasteiger partial charge < -0.3 is 4.74 Å². The zero-order chi connectivity index (χ0) is 15.8. The van der Waals surface area contributed by atoms with E-state index < -0.39 is 0 Å². The minimum atomic E-state index is -0.257. The Labute approximate surface area is 131 Å². The molecule has 0 aliphatic carbocycles. The van der Waals surface area contributed by atoms with Gasteiger partial charge in [-0.15, -0.1) is 0 Å². The van der Waals surface area contributed by atoms with Crippen molar-refractivity contribution in [1.82, 2.24) is 5.48 Å². The summed E-state index contributed by atoms with van der Waals surface area (Å²) in [5, 5.41) is 0. The number of amides is 1. The molecule has 0 heterocycles. The highest BCUT2D eigenvalue weighted by Crippen LogP contribution is 2.07. The SMILES string of the molecule is CC(C)OCc1ccc(C(=O)NOCc2ccccc2)cc1. The molecule has 4 heteroatoms. The maximum atomic E-state index is 11.9. The third-order valence-electron chi connectivity index (χ3n) is 3.05. The van der Waals surface area contributed by atoms with Gasteiger partial charge in [-0.05, 0) is 37.1 Å². The number of hydrogen-bond donors (Lipinski definition) is 1. The first-order valence-corrected chi connectivity index (χ1v) is 7.32. The molecule has 4 nitrogen and oxygen atoms in total. The van der Waals surface area contributed by atoms with Crippen LogP contribution < -0.4 is 5.48 Å². The first-order valence-electron chi connectivity index (χ1n) is 7.32. The number of carbonyl (C=O) groups is 1. The minimum Gasteiger partial charge on any atom is -0.374 e. The Balaban J connectivity index is 1.79. The van der Waals surface area contributed by atoms with Crippen molar-refractivity contribution in [2.24, 2.45) is 0 Å². The summed E-state index contributed by atoms with van der Waals surface area (Å²) in [5.74, 6) is -0.257. The molecule has 0 radical (unpaired) electrons. The van der Waals surface area contributed by atoms with Crippen LogP contribution in [0.25, 0.3) is 0 Å². The van der Waals surface area contributed by atoms with Crippen molar-refractivity contribution in [3.8, 4) is 0 Å². The fourth-order valence-corrected chi connectivity index (χ4v) is 1.83. The van der Waals surface area contributed by atoms with E-state index in [0.717, 1.165) is 11.1 Å². The molecule has 2 rings (SSSR count). The van der Waals surface area contributed by atoms with Crippen LogP contribution >= 0.6 is 0 Å². The highest BCUT2D eigenvalue weighted by atomic mass is 16.6. The third kappa shape index (κ3) is 5.31. The van der Waals surface area contributed by atoms with Gasteiger partial charge in [0.15, 0.2) is 0 Å². The molecule has 22 heavy (non-hydrogen) atoms. The van der Waals surface area contributed by atoms with Crippen molar-refractivity contribution in [3.05, 3.63) is 71.3 Å². The summed E-state index contributed by atoms with van der Waals surface area (Å²) >= 11 is 0. The molecular weight excluding hydrogens is 278 g/mol.